The SMILES string of the molecule is CC1(C)[C@H]2CC[C@]1(CS(=O)(=O)O)C(=O)C2.CN1CCC1. The van der Waals surface area contributed by atoms with E-state index < -0.39 is 21.3 Å². The molecule has 0 aromatic rings. The van der Waals surface area contributed by atoms with E-state index >= 15 is 0 Å². The summed E-state index contributed by atoms with van der Waals surface area (Å²) < 4.78 is 31.0. The van der Waals surface area contributed by atoms with Crippen LogP contribution in [0.15, 0.2) is 0 Å². The minimum atomic E-state index is -4.08. The van der Waals surface area contributed by atoms with Crippen molar-refractivity contribution in [2.24, 2.45) is 16.7 Å². The molecule has 6 heteroatoms. The van der Waals surface area contributed by atoms with Gasteiger partial charge in [-0.25, -0.2) is 0 Å². The Balaban J connectivity index is 0.000000247. The molecular formula is C14H25NO4S. The van der Waals surface area contributed by atoms with E-state index in [-0.39, 0.29) is 17.1 Å². The van der Waals surface area contributed by atoms with E-state index in [0.29, 0.717) is 12.8 Å². The third-order valence-corrected chi connectivity index (χ3v) is 6.51. The first-order valence-corrected chi connectivity index (χ1v) is 8.86. The maximum absolute atomic E-state index is 11.9. The van der Waals surface area contributed by atoms with E-state index in [2.05, 4.69) is 11.9 Å². The Morgan fingerprint density at radius 3 is 2.15 bits per heavy atom. The number of carbonyl (C=O) groups excluding carboxylic acids is 1. The van der Waals surface area contributed by atoms with Gasteiger partial charge in [0.25, 0.3) is 10.1 Å². The number of Topliss-reactive ketones (excluding diaryl/α,β-unsaturated/α-hetero) is 1. The summed E-state index contributed by atoms with van der Waals surface area (Å²) in [7, 11) is -1.93. The third-order valence-electron chi connectivity index (χ3n) is 5.65. The summed E-state index contributed by atoms with van der Waals surface area (Å²) in [5.41, 5.74) is -1.12. The quantitative estimate of drug-likeness (QED) is 0.784. The van der Waals surface area contributed by atoms with Crippen molar-refractivity contribution in [1.82, 2.24) is 4.90 Å². The Morgan fingerprint density at radius 1 is 1.35 bits per heavy atom. The van der Waals surface area contributed by atoms with Crippen LogP contribution in [0.2, 0.25) is 0 Å². The Labute approximate surface area is 121 Å². The molecule has 3 rings (SSSR count). The number of carbonyl (C=O) groups is 1. The zero-order valence-corrected chi connectivity index (χ0v) is 13.4. The second kappa shape index (κ2) is 5.07. The first-order valence-electron chi connectivity index (χ1n) is 7.25. The predicted molar refractivity (Wildman–Crippen MR) is 77.1 cm³/mol. The standard InChI is InChI=1S/C10H16O4S.C4H9N/c1-9(2)7-3-4-10(9,8(11)5-7)6-15(12,13)14;1-5-3-2-4-5/h7H,3-6H2,1-2H3,(H,12,13,14);2-4H2,1H3/t7-,10-;/m0./s1. The predicted octanol–water partition coefficient (Wildman–Crippen LogP) is 1.59. The summed E-state index contributed by atoms with van der Waals surface area (Å²) >= 11 is 0. The molecule has 0 unspecified atom stereocenters. The van der Waals surface area contributed by atoms with Gasteiger partial charge in [-0.2, -0.15) is 8.42 Å². The lowest BCUT2D eigenvalue weighted by Gasteiger charge is -2.35. The van der Waals surface area contributed by atoms with Crippen LogP contribution in [-0.4, -0.2) is 49.5 Å². The Kier molecular flexibility index (Phi) is 4.04. The number of fused-ring (bicyclic) bond motifs is 2. The monoisotopic (exact) mass is 303 g/mol. The van der Waals surface area contributed by atoms with Crippen LogP contribution in [-0.2, 0) is 14.9 Å². The second-order valence-corrected chi connectivity index (χ2v) is 8.50. The first kappa shape index (κ1) is 15.9. The molecule has 0 spiro atoms. The molecule has 1 heterocycles. The van der Waals surface area contributed by atoms with Crippen molar-refractivity contribution in [2.45, 2.75) is 39.5 Å². The molecule has 1 aliphatic heterocycles. The molecule has 2 saturated carbocycles. The lowest BCUT2D eigenvalue weighted by molar-refractivity contribution is -0.128. The summed E-state index contributed by atoms with van der Waals surface area (Å²) in [5.74, 6) is -0.101. The first-order chi connectivity index (χ1) is 9.08. The molecule has 0 radical (unpaired) electrons. The van der Waals surface area contributed by atoms with Gasteiger partial charge < -0.3 is 4.90 Å². The summed E-state index contributed by atoms with van der Waals surface area (Å²) in [6.45, 7) is 6.53. The molecule has 1 N–H and O–H groups in total. The van der Waals surface area contributed by atoms with Gasteiger partial charge in [0.1, 0.15) is 5.78 Å². The smallest absolute Gasteiger partial charge is 0.265 e. The maximum atomic E-state index is 11.9. The van der Waals surface area contributed by atoms with E-state index in [1.54, 1.807) is 0 Å². The van der Waals surface area contributed by atoms with Gasteiger partial charge >= 0.3 is 0 Å². The summed E-state index contributed by atoms with van der Waals surface area (Å²) in [6.07, 6.45) is 3.39. The highest BCUT2D eigenvalue weighted by Crippen LogP contribution is 2.64. The van der Waals surface area contributed by atoms with Gasteiger partial charge in [0.15, 0.2) is 0 Å². The molecule has 0 aromatic carbocycles. The normalized spacial score (nSPS) is 35.4. The molecule has 0 amide bonds. The van der Waals surface area contributed by atoms with Crippen molar-refractivity contribution in [2.75, 3.05) is 25.9 Å². The summed E-state index contributed by atoms with van der Waals surface area (Å²) in [6, 6.07) is 0. The van der Waals surface area contributed by atoms with Gasteiger partial charge in [-0.1, -0.05) is 13.8 Å². The summed E-state index contributed by atoms with van der Waals surface area (Å²) in [5, 5.41) is 0. The van der Waals surface area contributed by atoms with E-state index in [1.807, 2.05) is 13.8 Å². The molecule has 3 fully saturated rings. The van der Waals surface area contributed by atoms with E-state index in [4.69, 9.17) is 4.55 Å². The average molecular weight is 303 g/mol. The van der Waals surface area contributed by atoms with Crippen molar-refractivity contribution in [3.8, 4) is 0 Å². The van der Waals surface area contributed by atoms with Gasteiger partial charge in [-0.3, -0.25) is 9.35 Å². The number of rotatable bonds is 2. The van der Waals surface area contributed by atoms with Crippen LogP contribution in [0.1, 0.15) is 39.5 Å². The fourth-order valence-corrected chi connectivity index (χ4v) is 5.19. The van der Waals surface area contributed by atoms with E-state index in [9.17, 15) is 13.2 Å². The molecule has 2 aliphatic carbocycles. The highest BCUT2D eigenvalue weighted by Gasteiger charge is 2.65. The van der Waals surface area contributed by atoms with E-state index in [0.717, 1.165) is 6.42 Å². The van der Waals surface area contributed by atoms with Crippen molar-refractivity contribution in [3.05, 3.63) is 0 Å². The zero-order chi connectivity index (χ0) is 15.2. The molecule has 1 saturated heterocycles. The minimum absolute atomic E-state index is 0.0152. The number of nitrogens with zero attached hydrogens (tertiary/aromatic N) is 1. The fraction of sp³-hybridized carbons (Fsp3) is 0.929. The molecule has 116 valence electrons. The molecular weight excluding hydrogens is 278 g/mol. The number of ketones is 1. The maximum Gasteiger partial charge on any atom is 0.265 e. The average Bonchev–Trinajstić information content (AvgIpc) is 2.58. The number of hydrogen-bond acceptors (Lipinski definition) is 4. The van der Waals surface area contributed by atoms with Crippen LogP contribution in [0, 0.1) is 16.7 Å². The summed E-state index contributed by atoms with van der Waals surface area (Å²) in [4.78, 5) is 14.2. The highest BCUT2D eigenvalue weighted by molar-refractivity contribution is 7.85. The zero-order valence-electron chi connectivity index (χ0n) is 12.6. The van der Waals surface area contributed by atoms with Gasteiger partial charge in [0, 0.05) is 6.42 Å². The van der Waals surface area contributed by atoms with E-state index in [1.165, 1.54) is 19.5 Å². The lowest BCUT2D eigenvalue weighted by atomic mass is 9.70. The largest absolute Gasteiger partial charge is 0.306 e. The Morgan fingerprint density at radius 2 is 1.90 bits per heavy atom. The lowest BCUT2D eigenvalue weighted by Crippen LogP contribution is -2.42. The van der Waals surface area contributed by atoms with Crippen LogP contribution >= 0.6 is 0 Å². The van der Waals surface area contributed by atoms with Crippen LogP contribution in [0.3, 0.4) is 0 Å². The van der Waals surface area contributed by atoms with Crippen molar-refractivity contribution < 1.29 is 17.8 Å². The second-order valence-electron chi connectivity index (χ2n) is 7.05. The fourth-order valence-electron chi connectivity index (χ4n) is 3.89. The molecule has 20 heavy (non-hydrogen) atoms. The Hall–Kier alpha value is -0.460. The number of likely N-dealkylation sites (tertiary alicyclic amines) is 1. The van der Waals surface area contributed by atoms with Gasteiger partial charge in [-0.15, -0.1) is 0 Å². The van der Waals surface area contributed by atoms with Gasteiger partial charge in [0.05, 0.1) is 11.2 Å². The molecule has 0 aromatic heterocycles. The van der Waals surface area contributed by atoms with Crippen molar-refractivity contribution in [3.63, 3.8) is 0 Å². The highest BCUT2D eigenvalue weighted by atomic mass is 32.2. The topological polar surface area (TPSA) is 74.7 Å². The van der Waals surface area contributed by atoms with Gasteiger partial charge in [0.2, 0.25) is 0 Å². The van der Waals surface area contributed by atoms with Crippen molar-refractivity contribution in [1.29, 1.82) is 0 Å². The van der Waals surface area contributed by atoms with Crippen molar-refractivity contribution >= 4 is 15.9 Å². The number of hydrogen-bond donors (Lipinski definition) is 1. The molecule has 2 bridgehead atoms. The minimum Gasteiger partial charge on any atom is -0.306 e. The van der Waals surface area contributed by atoms with Crippen LogP contribution in [0.5, 0.6) is 0 Å². The molecule has 3 aliphatic rings. The van der Waals surface area contributed by atoms with Crippen LogP contribution in [0.25, 0.3) is 0 Å². The molecule has 2 atom stereocenters. The van der Waals surface area contributed by atoms with Crippen LogP contribution < -0.4 is 0 Å². The Bertz CT molecular complexity index is 495. The third kappa shape index (κ3) is 2.65. The van der Waals surface area contributed by atoms with Crippen LogP contribution in [0.4, 0.5) is 0 Å². The molecule has 5 nitrogen and oxygen atoms in total. The van der Waals surface area contributed by atoms with Gasteiger partial charge in [-0.05, 0) is 50.7 Å².